The molecule has 7 unspecified atom stereocenters. The second kappa shape index (κ2) is 20.2. The molecule has 2 aliphatic heterocycles. The third kappa shape index (κ3) is 12.3. The first-order chi connectivity index (χ1) is 26.3. The second-order valence-corrected chi connectivity index (χ2v) is 14.5. The lowest BCUT2D eigenvalue weighted by Crippen LogP contribution is -2.42. The largest absolute Gasteiger partial charge is 0.457 e. The molecule has 4 rings (SSSR count). The number of methoxy groups -OCH3 is 1. The first kappa shape index (κ1) is 42.9. The van der Waals surface area contributed by atoms with Gasteiger partial charge in [0.25, 0.3) is 0 Å². The van der Waals surface area contributed by atoms with Crippen LogP contribution < -0.4 is 0 Å². The van der Waals surface area contributed by atoms with Crippen LogP contribution in [0, 0.1) is 10.8 Å². The Morgan fingerprint density at radius 2 is 1.56 bits per heavy atom. The maximum absolute atomic E-state index is 13.2. The second-order valence-electron chi connectivity index (χ2n) is 14.5. The highest BCUT2D eigenvalue weighted by atomic mass is 16.6. The van der Waals surface area contributed by atoms with Crippen molar-refractivity contribution in [2.75, 3.05) is 7.11 Å². The van der Waals surface area contributed by atoms with Crippen LogP contribution in [0.5, 0.6) is 0 Å². The van der Waals surface area contributed by atoms with Gasteiger partial charge in [-0.05, 0) is 26.3 Å². The highest BCUT2D eigenvalue weighted by molar-refractivity contribution is 5.87. The molecule has 55 heavy (non-hydrogen) atoms. The van der Waals surface area contributed by atoms with Crippen molar-refractivity contribution >= 4 is 18.0 Å². The summed E-state index contributed by atoms with van der Waals surface area (Å²) in [7, 11) is 1.56. The number of nitrogens with zero attached hydrogens (tertiary/aromatic N) is 2. The Balaban J connectivity index is 1.56. The smallest absolute Gasteiger partial charge is 0.360 e. The van der Waals surface area contributed by atoms with Crippen molar-refractivity contribution in [1.82, 2.24) is 9.97 Å². The van der Waals surface area contributed by atoms with Gasteiger partial charge in [0.15, 0.2) is 17.3 Å². The summed E-state index contributed by atoms with van der Waals surface area (Å²) in [5.74, 6) is -0.830. The fraction of sp³-hybridized carbons (Fsp3) is 0.442. The van der Waals surface area contributed by atoms with Crippen LogP contribution in [0.4, 0.5) is 0 Å². The quantitative estimate of drug-likeness (QED) is 0.178. The number of oxazole rings is 2. The molecule has 296 valence electrons. The van der Waals surface area contributed by atoms with E-state index in [0.29, 0.717) is 18.7 Å². The third-order valence-electron chi connectivity index (χ3n) is 9.62. The molecule has 7 atom stereocenters. The Bertz CT molecular complexity index is 1800. The van der Waals surface area contributed by atoms with Crippen LogP contribution in [-0.4, -0.2) is 82.0 Å². The molecular formula is C43H54N2O10. The van der Waals surface area contributed by atoms with Gasteiger partial charge in [-0.25, -0.2) is 19.6 Å². The normalized spacial score (nSPS) is 26.6. The molecule has 0 aromatic carbocycles. The number of fused-ring (bicyclic) bond motifs is 5. The molecule has 2 aromatic heterocycles. The summed E-state index contributed by atoms with van der Waals surface area (Å²) >= 11 is 0. The predicted octanol–water partition coefficient (Wildman–Crippen LogP) is 7.25. The van der Waals surface area contributed by atoms with Crippen molar-refractivity contribution in [3.05, 3.63) is 127 Å². The zero-order chi connectivity index (χ0) is 40.0. The molecule has 12 nitrogen and oxygen atoms in total. The number of aliphatic hydroxyl groups excluding tert-OH is 2. The van der Waals surface area contributed by atoms with Crippen molar-refractivity contribution in [3.63, 3.8) is 0 Å². The Hall–Kier alpha value is -4.88. The fourth-order valence-electron chi connectivity index (χ4n) is 5.65. The first-order valence-corrected chi connectivity index (χ1v) is 18.4. The fourth-order valence-corrected chi connectivity index (χ4v) is 5.65. The summed E-state index contributed by atoms with van der Waals surface area (Å²) in [5.41, 5.74) is -1.66. The van der Waals surface area contributed by atoms with E-state index in [1.54, 1.807) is 49.6 Å². The van der Waals surface area contributed by atoms with Crippen LogP contribution in [0.3, 0.4) is 0 Å². The van der Waals surface area contributed by atoms with E-state index in [9.17, 15) is 19.8 Å². The van der Waals surface area contributed by atoms with Gasteiger partial charge in [-0.2, -0.15) is 0 Å². The molecule has 2 N–H and O–H groups in total. The van der Waals surface area contributed by atoms with Crippen molar-refractivity contribution in [3.8, 4) is 0 Å². The number of epoxide rings is 1. The molecule has 12 heteroatoms. The number of hydrogen-bond acceptors (Lipinski definition) is 12. The van der Waals surface area contributed by atoms with Gasteiger partial charge in [0.05, 0.1) is 24.7 Å². The minimum absolute atomic E-state index is 0.00918. The highest BCUT2D eigenvalue weighted by Gasteiger charge is 2.39. The lowest BCUT2D eigenvalue weighted by molar-refractivity contribution is -0.0457. The Morgan fingerprint density at radius 1 is 0.873 bits per heavy atom. The van der Waals surface area contributed by atoms with Gasteiger partial charge in [0.2, 0.25) is 5.89 Å². The van der Waals surface area contributed by atoms with E-state index in [0.717, 1.165) is 0 Å². The zero-order valence-electron chi connectivity index (χ0n) is 32.6. The molecule has 1 saturated heterocycles. The van der Waals surface area contributed by atoms with Crippen molar-refractivity contribution in [1.29, 1.82) is 0 Å². The zero-order valence-corrected chi connectivity index (χ0v) is 32.6. The molecule has 0 aliphatic carbocycles. The molecule has 2 aliphatic rings. The molecular weight excluding hydrogens is 704 g/mol. The molecule has 0 amide bonds. The maximum Gasteiger partial charge on any atom is 0.360 e. The van der Waals surface area contributed by atoms with Gasteiger partial charge in [-0.15, -0.1) is 0 Å². The van der Waals surface area contributed by atoms with Crippen molar-refractivity contribution in [2.45, 2.75) is 104 Å². The van der Waals surface area contributed by atoms with Gasteiger partial charge in [-0.3, -0.25) is 0 Å². The standard InChI is InChI=1S/C43H54N2O10/c1-8-18-34(46)42(3,4)37-24-14-12-10-11-13-20-29(50-7)26-39-45-31(28-52-39)41(49)54-36(19-9-2)43(5,6)35(47)23-17-22-33-32(53-33)21-15-16-25-38-44-30(27-51-38)40(48)55-37/h8-22,25,27-29,32-37,46-47H,23-24,26H2,1-7H3. The average molecular weight is 759 g/mol. The minimum Gasteiger partial charge on any atom is -0.457 e. The topological polar surface area (TPSA) is 167 Å². The first-order valence-electron chi connectivity index (χ1n) is 18.4. The van der Waals surface area contributed by atoms with E-state index < -0.39 is 53.3 Å². The number of rotatable bonds is 5. The minimum atomic E-state index is -0.877. The Morgan fingerprint density at radius 3 is 2.31 bits per heavy atom. The number of carbonyl (C=O) groups excluding carboxylic acids is 2. The van der Waals surface area contributed by atoms with Gasteiger partial charge in [0.1, 0.15) is 36.9 Å². The van der Waals surface area contributed by atoms with E-state index in [1.165, 1.54) is 12.5 Å². The van der Waals surface area contributed by atoms with E-state index in [2.05, 4.69) is 9.97 Å². The molecule has 4 bridgehead atoms. The van der Waals surface area contributed by atoms with Gasteiger partial charge < -0.3 is 38.0 Å². The van der Waals surface area contributed by atoms with Crippen LogP contribution in [0.15, 0.2) is 113 Å². The van der Waals surface area contributed by atoms with Gasteiger partial charge in [-0.1, -0.05) is 113 Å². The summed E-state index contributed by atoms with van der Waals surface area (Å²) in [5, 5.41) is 22.1. The van der Waals surface area contributed by atoms with E-state index in [-0.39, 0.29) is 35.9 Å². The third-order valence-corrected chi connectivity index (χ3v) is 9.62. The van der Waals surface area contributed by atoms with E-state index in [1.807, 2.05) is 96.2 Å². The van der Waals surface area contributed by atoms with Crippen LogP contribution in [0.25, 0.3) is 6.08 Å². The number of carbonyl (C=O) groups is 2. The van der Waals surface area contributed by atoms with Crippen molar-refractivity contribution < 1.29 is 47.6 Å². The number of cyclic esters (lactones) is 2. The maximum atomic E-state index is 13.2. The Labute approximate surface area is 323 Å². The summed E-state index contributed by atoms with van der Waals surface area (Å²) in [6.45, 7) is 11.0. The lowest BCUT2D eigenvalue weighted by Gasteiger charge is -2.36. The van der Waals surface area contributed by atoms with Gasteiger partial charge >= 0.3 is 11.9 Å². The number of aliphatic hydroxyl groups is 2. The SMILES string of the molecule is CC=CC(O)C(C)(C)C1CC=CC=CC=CC(OC)Cc2nc(co2)C(=O)OC(C=CC)C(C)(C)C(O)CC=CC2OC2C=CC=Cc2nc(co2)C(=O)O1. The number of allylic oxidation sites excluding steroid dienone is 8. The summed E-state index contributed by atoms with van der Waals surface area (Å²) in [6, 6.07) is 0. The van der Waals surface area contributed by atoms with Crippen LogP contribution in [-0.2, 0) is 25.4 Å². The molecule has 0 radical (unpaired) electrons. The van der Waals surface area contributed by atoms with Gasteiger partial charge in [0, 0.05) is 30.4 Å². The number of ether oxygens (including phenoxy) is 4. The molecule has 1 fully saturated rings. The van der Waals surface area contributed by atoms with Crippen LogP contribution in [0.1, 0.15) is 87.1 Å². The average Bonchev–Trinajstić information content (AvgIpc) is 3.47. The Kier molecular flexibility index (Phi) is 15.7. The lowest BCUT2D eigenvalue weighted by atomic mass is 9.79. The van der Waals surface area contributed by atoms with E-state index in [4.69, 9.17) is 27.8 Å². The summed E-state index contributed by atoms with van der Waals surface area (Å²) < 4.78 is 34.1. The number of esters is 2. The van der Waals surface area contributed by atoms with E-state index >= 15 is 0 Å². The highest BCUT2D eigenvalue weighted by Crippen LogP contribution is 2.34. The summed E-state index contributed by atoms with van der Waals surface area (Å²) in [4.78, 5) is 35.0. The molecule has 0 saturated carbocycles. The van der Waals surface area contributed by atoms with Crippen LogP contribution in [0.2, 0.25) is 0 Å². The summed E-state index contributed by atoms with van der Waals surface area (Å²) in [6.07, 6.45) is 28.1. The predicted molar refractivity (Wildman–Crippen MR) is 208 cm³/mol. The number of hydrogen-bond donors (Lipinski definition) is 2. The number of aromatic nitrogens is 2. The van der Waals surface area contributed by atoms with Crippen molar-refractivity contribution in [2.24, 2.45) is 10.8 Å². The molecule has 0 spiro atoms. The monoisotopic (exact) mass is 758 g/mol. The molecule has 4 heterocycles. The molecule has 2 aromatic rings. The van der Waals surface area contributed by atoms with Crippen LogP contribution >= 0.6 is 0 Å².